The Kier molecular flexibility index (Phi) is 11.7. The van der Waals surface area contributed by atoms with Gasteiger partial charge < -0.3 is 24.8 Å². The number of carbonyl (C=O) groups excluding carboxylic acids is 1. The summed E-state index contributed by atoms with van der Waals surface area (Å²) in [5.41, 5.74) is 4.70. The van der Waals surface area contributed by atoms with Gasteiger partial charge in [0.25, 0.3) is 0 Å². The minimum Gasteiger partial charge on any atom is -1.00 e. The van der Waals surface area contributed by atoms with Gasteiger partial charge in [-0.2, -0.15) is 0 Å². The van der Waals surface area contributed by atoms with E-state index < -0.39 is 26.9 Å². The van der Waals surface area contributed by atoms with Crippen molar-refractivity contribution in [2.24, 2.45) is 0 Å². The largest absolute Gasteiger partial charge is 1.00 e. The topological polar surface area (TPSA) is 29.1 Å². The number of benzene rings is 1. The number of carbonyl (C=O) groups is 1. The number of halogens is 2. The summed E-state index contributed by atoms with van der Waals surface area (Å²) in [6, 6.07) is 6.36. The quantitative estimate of drug-likeness (QED) is 0.441. The molecule has 0 bridgehead atoms. The molecule has 0 unspecified atom stereocenters. The monoisotopic (exact) mass is 592 g/mol. The van der Waals surface area contributed by atoms with Gasteiger partial charge in [0.05, 0.1) is 0 Å². The molecule has 1 aliphatic rings. The van der Waals surface area contributed by atoms with Crippen LogP contribution in [-0.2, 0) is 20.9 Å². The summed E-state index contributed by atoms with van der Waals surface area (Å²) in [5, 5.41) is 0. The molecule has 1 aliphatic carbocycles. The second kappa shape index (κ2) is 11.7. The van der Waals surface area contributed by atoms with Gasteiger partial charge in [0, 0.05) is 0 Å². The Morgan fingerprint density at radius 1 is 1.07 bits per heavy atom. The first-order valence-corrected chi connectivity index (χ1v) is 22.1. The van der Waals surface area contributed by atoms with Crippen LogP contribution in [0.2, 0.25) is 13.1 Å². The van der Waals surface area contributed by atoms with E-state index in [1.807, 2.05) is 0 Å². The zero-order valence-corrected chi connectivity index (χ0v) is 23.7. The maximum atomic E-state index is 13.4. The molecule has 1 aromatic rings. The van der Waals surface area contributed by atoms with Gasteiger partial charge in [-0.25, -0.2) is 0 Å². The van der Waals surface area contributed by atoms with Crippen LogP contribution in [0.25, 0.3) is 0 Å². The molecule has 2 rings (SSSR count). The van der Waals surface area contributed by atoms with Crippen LogP contribution < -0.4 is 28.1 Å². The van der Waals surface area contributed by atoms with Crippen molar-refractivity contribution in [1.82, 2.24) is 3.30 Å². The van der Waals surface area contributed by atoms with Gasteiger partial charge in [-0.3, -0.25) is 0 Å². The van der Waals surface area contributed by atoms with Crippen molar-refractivity contribution in [3.8, 4) is 0 Å². The second-order valence-electron chi connectivity index (χ2n) is 7.97. The molecule has 6 heteroatoms. The van der Waals surface area contributed by atoms with Crippen molar-refractivity contribution in [2.45, 2.75) is 66.0 Å². The molecule has 1 aromatic carbocycles. The Morgan fingerprint density at radius 2 is 1.59 bits per heavy atom. The molecule has 0 fully saturated rings. The zero-order chi connectivity index (χ0) is 18.7. The molecular weight excluding hydrogens is 560 g/mol. The average molecular weight is 592 g/mol. The van der Waals surface area contributed by atoms with Crippen LogP contribution >= 0.6 is 0 Å². The van der Waals surface area contributed by atoms with Gasteiger partial charge in [-0.15, -0.1) is 0 Å². The summed E-state index contributed by atoms with van der Waals surface area (Å²) in [7, 11) is 0. The van der Waals surface area contributed by atoms with E-state index in [2.05, 4.69) is 81.4 Å². The Bertz CT molecular complexity index is 688. The molecule has 0 radical (unpaired) electrons. The van der Waals surface area contributed by atoms with Gasteiger partial charge >= 0.3 is 163 Å². The maximum absolute atomic E-state index is 13.4. The van der Waals surface area contributed by atoms with Crippen LogP contribution in [0.15, 0.2) is 39.3 Å². The van der Waals surface area contributed by atoms with Crippen molar-refractivity contribution in [3.05, 3.63) is 55.9 Å². The molecule has 0 saturated carbocycles. The fourth-order valence-corrected chi connectivity index (χ4v) is 22.7. The normalized spacial score (nSPS) is 13.1. The molecule has 2 nitrogen and oxygen atoms in total. The smallest absolute Gasteiger partial charge is 1.00 e. The first-order valence-electron chi connectivity index (χ1n) is 9.41. The fourth-order valence-electron chi connectivity index (χ4n) is 3.44. The number of rotatable bonds is 6. The number of hydrogen-bond donors (Lipinski definition) is 1. The molecule has 1 N–H and O–H groups in total. The standard InChI is InChI=1S/C13H19NO.C6H7.C2H7Si.2ClH.Hf/c1-8(2)10-6-5-7-11(9(3)4)12(10)13(14)15;1-6-4-2-3-5-6;1-3-2;;;/h5-9H,1-4H3,(H2,14,15);4-5H,2H2,1H3;3H,1-2H3;2*1H;/q;;;;;+3/p-3. The van der Waals surface area contributed by atoms with E-state index >= 15 is 0 Å². The first-order chi connectivity index (χ1) is 11.7. The van der Waals surface area contributed by atoms with Crippen molar-refractivity contribution in [3.63, 3.8) is 0 Å². The molecule has 0 heterocycles. The second-order valence-corrected chi connectivity index (χ2v) is 33.6. The molecule has 0 atom stereocenters. The van der Waals surface area contributed by atoms with E-state index in [1.54, 1.807) is 3.33 Å². The minimum absolute atomic E-state index is 0. The van der Waals surface area contributed by atoms with E-state index in [0.29, 0.717) is 11.8 Å². The summed E-state index contributed by atoms with van der Waals surface area (Å²) >= 11 is -2.24. The van der Waals surface area contributed by atoms with Crippen molar-refractivity contribution >= 4 is 11.9 Å². The molecule has 0 spiro atoms. The van der Waals surface area contributed by atoms with Crippen molar-refractivity contribution in [2.75, 3.05) is 0 Å². The number of nitrogens with one attached hydrogen (secondary N) is 1. The summed E-state index contributed by atoms with van der Waals surface area (Å²) in [5.74, 6) is 0.0705. The summed E-state index contributed by atoms with van der Waals surface area (Å²) in [6.07, 6.45) is 5.74. The fraction of sp³-hybridized carbons (Fsp3) is 0.476. The van der Waals surface area contributed by atoms with Crippen LogP contribution in [0, 0.1) is 0 Å². The van der Waals surface area contributed by atoms with Crippen LogP contribution in [-0.4, -0.2) is 11.9 Å². The molecule has 27 heavy (non-hydrogen) atoms. The van der Waals surface area contributed by atoms with E-state index in [0.717, 1.165) is 12.0 Å². The zero-order valence-electron chi connectivity index (χ0n) is 17.5. The summed E-state index contributed by atoms with van der Waals surface area (Å²) < 4.78 is 5.21. The third kappa shape index (κ3) is 6.69. The summed E-state index contributed by atoms with van der Waals surface area (Å²) in [6.45, 7) is 15.7. The Labute approximate surface area is 186 Å². The van der Waals surface area contributed by atoms with E-state index in [1.165, 1.54) is 16.7 Å². The van der Waals surface area contributed by atoms with E-state index in [9.17, 15) is 4.79 Å². The molecular formula is C21H32Cl2HfNOSi. The van der Waals surface area contributed by atoms with Crippen LogP contribution in [0.1, 0.15) is 74.4 Å². The molecule has 0 saturated heterocycles. The molecule has 0 aliphatic heterocycles. The number of amides is 1. The summed E-state index contributed by atoms with van der Waals surface area (Å²) in [4.78, 5) is 13.4. The van der Waals surface area contributed by atoms with Crippen molar-refractivity contribution in [1.29, 1.82) is 0 Å². The van der Waals surface area contributed by atoms with E-state index in [4.69, 9.17) is 0 Å². The Hall–Kier alpha value is -0.163. The molecule has 0 aromatic heterocycles. The average Bonchev–Trinajstić information content (AvgIpc) is 2.97. The molecule has 1 amide bonds. The SMILES string of the molecule is CC1=CC[C]([Hf+2]([NH]C(=O)c2c(C(C)C)cccc2C(C)C)[SiH](C)C)=C1.[Cl-].[Cl-]. The minimum atomic E-state index is -2.24. The third-order valence-electron chi connectivity index (χ3n) is 4.82. The number of allylic oxidation sites excluding steroid dienone is 4. The maximum Gasteiger partial charge on any atom is -1.00 e. The Balaban J connectivity index is 0.00000338. The van der Waals surface area contributed by atoms with Crippen LogP contribution in [0.5, 0.6) is 0 Å². The van der Waals surface area contributed by atoms with Gasteiger partial charge in [0.15, 0.2) is 0 Å². The van der Waals surface area contributed by atoms with Gasteiger partial charge in [-0.1, -0.05) is 0 Å². The van der Waals surface area contributed by atoms with Gasteiger partial charge in [-0.05, 0) is 0 Å². The van der Waals surface area contributed by atoms with Gasteiger partial charge in [0.2, 0.25) is 0 Å². The predicted octanol–water partition coefficient (Wildman–Crippen LogP) is -0.578. The van der Waals surface area contributed by atoms with Crippen LogP contribution in [0.4, 0.5) is 0 Å². The molecule has 149 valence electrons. The van der Waals surface area contributed by atoms with E-state index in [-0.39, 0.29) is 30.7 Å². The Morgan fingerprint density at radius 3 is 1.96 bits per heavy atom. The third-order valence-corrected chi connectivity index (χ3v) is 28.2. The first kappa shape index (κ1) is 26.8. The number of hydrogen-bond acceptors (Lipinski definition) is 1. The predicted molar refractivity (Wildman–Crippen MR) is 107 cm³/mol. The van der Waals surface area contributed by atoms with Crippen molar-refractivity contribution < 1.29 is 50.5 Å². The van der Waals surface area contributed by atoms with Crippen LogP contribution in [0.3, 0.4) is 0 Å². The van der Waals surface area contributed by atoms with Gasteiger partial charge in [0.1, 0.15) is 0 Å².